The van der Waals surface area contributed by atoms with Crippen LogP contribution in [0.2, 0.25) is 0 Å². The van der Waals surface area contributed by atoms with Crippen molar-refractivity contribution in [2.24, 2.45) is 17.6 Å². The second-order valence-electron chi connectivity index (χ2n) is 10.8. The Morgan fingerprint density at radius 1 is 1.12 bits per heavy atom. The fraction of sp³-hybridized carbons (Fsp3) is 0.556. The van der Waals surface area contributed by atoms with Gasteiger partial charge in [0, 0.05) is 0 Å². The van der Waals surface area contributed by atoms with Gasteiger partial charge in [0.25, 0.3) is 0 Å². The summed E-state index contributed by atoms with van der Waals surface area (Å²) in [5.41, 5.74) is 5.70. The van der Waals surface area contributed by atoms with Crippen molar-refractivity contribution < 1.29 is 47.6 Å². The van der Waals surface area contributed by atoms with Crippen LogP contribution in [0.25, 0.3) is 5.70 Å². The molecular weight excluding hydrogens is 585 g/mol. The SMILES string of the molecule is C=C(N)c1ncn([C@@H]2O[C@H](COP(=O)(N[C@@H](CC(=O)OCC(C)C)C(=O)OCC(C)C)Oc3ccccc3)[C@@H](O)[C@H]2O)n1. The zero-order valence-corrected chi connectivity index (χ0v) is 25.5. The molecule has 0 bridgehead atoms. The van der Waals surface area contributed by atoms with Crippen molar-refractivity contribution in [2.75, 3.05) is 19.8 Å². The number of rotatable bonds is 16. The molecule has 1 aromatic heterocycles. The van der Waals surface area contributed by atoms with Crippen LogP contribution in [0.5, 0.6) is 5.75 Å². The van der Waals surface area contributed by atoms with Gasteiger partial charge < -0.3 is 34.7 Å². The molecule has 1 fully saturated rings. The molecule has 3 rings (SSSR count). The first-order valence-electron chi connectivity index (χ1n) is 13.7. The molecule has 16 heteroatoms. The third-order valence-corrected chi connectivity index (χ3v) is 7.45. The zero-order chi connectivity index (χ0) is 31.7. The van der Waals surface area contributed by atoms with Crippen molar-refractivity contribution in [1.29, 1.82) is 0 Å². The van der Waals surface area contributed by atoms with Crippen LogP contribution >= 0.6 is 7.75 Å². The van der Waals surface area contributed by atoms with E-state index in [4.69, 9.17) is 29.0 Å². The van der Waals surface area contributed by atoms with E-state index < -0.39 is 63.3 Å². The normalized spacial score (nSPS) is 22.2. The highest BCUT2D eigenvalue weighted by Gasteiger charge is 2.46. The monoisotopic (exact) mass is 625 g/mol. The minimum Gasteiger partial charge on any atom is -0.465 e. The highest BCUT2D eigenvalue weighted by molar-refractivity contribution is 7.52. The minimum atomic E-state index is -4.49. The third-order valence-electron chi connectivity index (χ3n) is 5.88. The Labute approximate surface area is 249 Å². The van der Waals surface area contributed by atoms with Crippen molar-refractivity contribution in [2.45, 2.75) is 64.7 Å². The van der Waals surface area contributed by atoms with E-state index >= 15 is 0 Å². The molecule has 0 aliphatic carbocycles. The van der Waals surface area contributed by atoms with Gasteiger partial charge in [0.05, 0.1) is 31.9 Å². The smallest absolute Gasteiger partial charge is 0.459 e. The van der Waals surface area contributed by atoms with Crippen molar-refractivity contribution in [1.82, 2.24) is 19.9 Å². The topological polar surface area (TPSA) is 207 Å². The Kier molecular flexibility index (Phi) is 12.2. The van der Waals surface area contributed by atoms with Crippen LogP contribution in [-0.2, 0) is 32.9 Å². The molecule has 1 aromatic carbocycles. The molecule has 6 atom stereocenters. The number of aliphatic hydroxyl groups is 2. The van der Waals surface area contributed by atoms with E-state index in [2.05, 4.69) is 21.7 Å². The fourth-order valence-electron chi connectivity index (χ4n) is 3.72. The number of hydrogen-bond acceptors (Lipinski definition) is 13. The molecule has 238 valence electrons. The summed E-state index contributed by atoms with van der Waals surface area (Å²) in [5.74, 6) is -1.33. The van der Waals surface area contributed by atoms with E-state index in [0.29, 0.717) is 0 Å². The molecule has 43 heavy (non-hydrogen) atoms. The molecule has 1 aliphatic heterocycles. The Morgan fingerprint density at radius 3 is 2.37 bits per heavy atom. The number of benzene rings is 1. The maximum atomic E-state index is 14.1. The predicted molar refractivity (Wildman–Crippen MR) is 153 cm³/mol. The van der Waals surface area contributed by atoms with Crippen LogP contribution in [0.1, 0.15) is 46.2 Å². The molecule has 0 amide bonds. The summed E-state index contributed by atoms with van der Waals surface area (Å²) in [7, 11) is -4.49. The van der Waals surface area contributed by atoms with Crippen molar-refractivity contribution in [3.05, 3.63) is 49.1 Å². The van der Waals surface area contributed by atoms with Crippen molar-refractivity contribution in [3.63, 3.8) is 0 Å². The first kappa shape index (κ1) is 34.2. The molecule has 15 nitrogen and oxygen atoms in total. The van der Waals surface area contributed by atoms with Crippen LogP contribution in [-0.4, -0.2) is 81.1 Å². The van der Waals surface area contributed by atoms with Gasteiger partial charge in [0.2, 0.25) is 0 Å². The Morgan fingerprint density at radius 2 is 1.77 bits per heavy atom. The second-order valence-corrected chi connectivity index (χ2v) is 12.5. The second kappa shape index (κ2) is 15.4. The lowest BCUT2D eigenvalue weighted by Gasteiger charge is -2.26. The number of carbonyl (C=O) groups excluding carboxylic acids is 2. The predicted octanol–water partition coefficient (Wildman–Crippen LogP) is 1.78. The first-order chi connectivity index (χ1) is 20.3. The van der Waals surface area contributed by atoms with Crippen molar-refractivity contribution >= 4 is 25.4 Å². The van der Waals surface area contributed by atoms with Gasteiger partial charge in [-0.2, -0.15) is 5.09 Å². The lowest BCUT2D eigenvalue weighted by Crippen LogP contribution is -2.41. The van der Waals surface area contributed by atoms with Gasteiger partial charge >= 0.3 is 19.7 Å². The number of para-hydroxylation sites is 1. The lowest BCUT2D eigenvalue weighted by atomic mass is 10.1. The number of nitrogens with two attached hydrogens (primary N) is 1. The molecule has 1 aliphatic rings. The van der Waals surface area contributed by atoms with E-state index in [1.165, 1.54) is 18.5 Å². The van der Waals surface area contributed by atoms with Gasteiger partial charge in [-0.25, -0.2) is 14.2 Å². The number of nitrogens with one attached hydrogen (secondary N) is 1. The number of nitrogens with zero attached hydrogens (tertiary/aromatic N) is 3. The summed E-state index contributed by atoms with van der Waals surface area (Å²) < 4.78 is 42.8. The van der Waals surface area contributed by atoms with E-state index in [1.54, 1.807) is 18.2 Å². The fourth-order valence-corrected chi connectivity index (χ4v) is 5.22. The third kappa shape index (κ3) is 10.1. The highest BCUT2D eigenvalue weighted by atomic mass is 31.2. The lowest BCUT2D eigenvalue weighted by molar-refractivity contribution is -0.153. The number of ether oxygens (including phenoxy) is 3. The number of aliphatic hydroxyl groups excluding tert-OH is 2. The van der Waals surface area contributed by atoms with E-state index in [1.807, 2.05) is 27.7 Å². The molecule has 0 saturated carbocycles. The van der Waals surface area contributed by atoms with Gasteiger partial charge in [-0.05, 0) is 24.0 Å². The molecule has 0 spiro atoms. The first-order valence-corrected chi connectivity index (χ1v) is 15.3. The summed E-state index contributed by atoms with van der Waals surface area (Å²) in [6.45, 7) is 10.5. The van der Waals surface area contributed by atoms with Crippen LogP contribution in [0, 0.1) is 11.8 Å². The van der Waals surface area contributed by atoms with Crippen LogP contribution < -0.4 is 15.3 Å². The minimum absolute atomic E-state index is 0.00882. The molecule has 5 N–H and O–H groups in total. The maximum absolute atomic E-state index is 14.1. The Balaban J connectivity index is 1.80. The van der Waals surface area contributed by atoms with Crippen LogP contribution in [0.4, 0.5) is 0 Å². The van der Waals surface area contributed by atoms with Gasteiger partial charge in [-0.1, -0.05) is 52.5 Å². The van der Waals surface area contributed by atoms with Gasteiger partial charge in [0.1, 0.15) is 36.4 Å². The van der Waals surface area contributed by atoms with Crippen LogP contribution in [0.15, 0.2) is 43.2 Å². The molecular formula is C27H40N5O10P. The summed E-state index contributed by atoms with van der Waals surface area (Å²) in [5, 5.41) is 27.9. The molecule has 1 unspecified atom stereocenters. The van der Waals surface area contributed by atoms with E-state index in [0.717, 1.165) is 4.68 Å². The molecule has 0 radical (unpaired) electrons. The zero-order valence-electron chi connectivity index (χ0n) is 24.6. The summed E-state index contributed by atoms with van der Waals surface area (Å²) in [6.07, 6.45) is -4.65. The summed E-state index contributed by atoms with van der Waals surface area (Å²) >= 11 is 0. The molecule has 2 aromatic rings. The number of hydrogen-bond donors (Lipinski definition) is 4. The molecule has 2 heterocycles. The van der Waals surface area contributed by atoms with E-state index in [-0.39, 0.29) is 42.3 Å². The van der Waals surface area contributed by atoms with Crippen LogP contribution in [0.3, 0.4) is 0 Å². The van der Waals surface area contributed by atoms with Gasteiger partial charge in [-0.15, -0.1) is 5.10 Å². The van der Waals surface area contributed by atoms with E-state index in [9.17, 15) is 24.4 Å². The molecule has 1 saturated heterocycles. The Bertz CT molecular complexity index is 1270. The quantitative estimate of drug-likeness (QED) is 0.155. The van der Waals surface area contributed by atoms with Gasteiger partial charge in [0.15, 0.2) is 12.1 Å². The number of esters is 2. The standard InChI is InChI=1S/C27H40N5O10P/c1-16(2)12-38-22(33)11-20(27(36)39-13-17(3)4)31-43(37,42-19-9-7-6-8-10-19)40-14-21-23(34)24(35)26(41-21)32-15-29-25(30-32)18(5)28/h6-10,15-17,20-21,23-24,26,34-35H,5,11-14,28H2,1-4H3,(H,31,37)/t20-,21+,23+,24+,26+,43?/m0/s1. The Hall–Kier alpha value is -3.33. The number of carbonyl (C=O) groups is 2. The summed E-state index contributed by atoms with van der Waals surface area (Å²) in [4.78, 5) is 29.5. The average Bonchev–Trinajstić information content (AvgIpc) is 3.55. The maximum Gasteiger partial charge on any atom is 0.459 e. The largest absolute Gasteiger partial charge is 0.465 e. The summed E-state index contributed by atoms with van der Waals surface area (Å²) in [6, 6.07) is 6.51. The average molecular weight is 626 g/mol. The highest BCUT2D eigenvalue weighted by Crippen LogP contribution is 2.46. The van der Waals surface area contributed by atoms with Crippen molar-refractivity contribution in [3.8, 4) is 5.75 Å². The van der Waals surface area contributed by atoms with Gasteiger partial charge in [-0.3, -0.25) is 14.1 Å². The number of aromatic nitrogens is 3.